The van der Waals surface area contributed by atoms with Crippen molar-refractivity contribution in [3.63, 3.8) is 0 Å². The molecule has 2 rings (SSSR count). The lowest BCUT2D eigenvalue weighted by atomic mass is 10.0. The Morgan fingerprint density at radius 3 is 2.50 bits per heavy atom. The minimum atomic E-state index is 0.345. The summed E-state index contributed by atoms with van der Waals surface area (Å²) in [5, 5.41) is 3.37. The molecule has 0 radical (unpaired) electrons. The highest BCUT2D eigenvalue weighted by molar-refractivity contribution is 5.47. The molecule has 0 spiro atoms. The molecule has 1 heterocycles. The van der Waals surface area contributed by atoms with Crippen LogP contribution in [0.3, 0.4) is 0 Å². The maximum Gasteiger partial charge on any atom is 0.165 e. The molecule has 1 N–H and O–H groups in total. The van der Waals surface area contributed by atoms with Crippen LogP contribution in [0.1, 0.15) is 18.5 Å². The second-order valence-electron chi connectivity index (χ2n) is 4.54. The van der Waals surface area contributed by atoms with Crippen LogP contribution >= 0.6 is 0 Å². The number of nitrogens with zero attached hydrogens (tertiary/aromatic N) is 1. The van der Waals surface area contributed by atoms with Gasteiger partial charge in [0.2, 0.25) is 0 Å². The summed E-state index contributed by atoms with van der Waals surface area (Å²) >= 11 is 0. The zero-order chi connectivity index (χ0) is 13.0. The average Bonchev–Trinajstić information content (AvgIpc) is 2.46. The molecule has 100 valence electrons. The molecule has 1 atom stereocenters. The number of ether oxygens (including phenoxy) is 2. The van der Waals surface area contributed by atoms with Crippen LogP contribution in [0.5, 0.6) is 11.5 Å². The lowest BCUT2D eigenvalue weighted by Gasteiger charge is -2.33. The molecule has 1 aliphatic heterocycles. The third kappa shape index (κ3) is 2.60. The van der Waals surface area contributed by atoms with Crippen LogP contribution in [-0.4, -0.2) is 45.3 Å². The van der Waals surface area contributed by atoms with Crippen LogP contribution < -0.4 is 14.8 Å². The van der Waals surface area contributed by atoms with Gasteiger partial charge in [0.25, 0.3) is 0 Å². The van der Waals surface area contributed by atoms with Gasteiger partial charge in [-0.05, 0) is 13.0 Å². The Labute approximate surface area is 109 Å². The first kappa shape index (κ1) is 13.2. The van der Waals surface area contributed by atoms with Crippen molar-refractivity contribution in [2.75, 3.05) is 40.4 Å². The van der Waals surface area contributed by atoms with E-state index in [0.717, 1.165) is 37.7 Å². The predicted octanol–water partition coefficient (Wildman–Crippen LogP) is 1.67. The number of hydrogen-bond donors (Lipinski definition) is 1. The van der Waals surface area contributed by atoms with Gasteiger partial charge in [0, 0.05) is 37.8 Å². The molecule has 1 fully saturated rings. The van der Waals surface area contributed by atoms with Gasteiger partial charge in [-0.3, -0.25) is 4.90 Å². The van der Waals surface area contributed by atoms with Gasteiger partial charge in [-0.15, -0.1) is 0 Å². The van der Waals surface area contributed by atoms with Crippen LogP contribution in [-0.2, 0) is 0 Å². The minimum absolute atomic E-state index is 0.345. The van der Waals surface area contributed by atoms with E-state index in [-0.39, 0.29) is 0 Å². The van der Waals surface area contributed by atoms with Crippen LogP contribution in [0.15, 0.2) is 18.2 Å². The van der Waals surface area contributed by atoms with Crippen molar-refractivity contribution >= 4 is 0 Å². The fraction of sp³-hybridized carbons (Fsp3) is 0.571. The zero-order valence-corrected chi connectivity index (χ0v) is 11.4. The zero-order valence-electron chi connectivity index (χ0n) is 11.4. The number of methoxy groups -OCH3 is 2. The minimum Gasteiger partial charge on any atom is -0.493 e. The SMILES string of the molecule is COc1cccc([C@H](C)N2CCNCC2)c1OC. The van der Waals surface area contributed by atoms with Crippen LogP contribution in [0.2, 0.25) is 0 Å². The molecule has 4 nitrogen and oxygen atoms in total. The maximum atomic E-state index is 5.51. The van der Waals surface area contributed by atoms with E-state index >= 15 is 0 Å². The smallest absolute Gasteiger partial charge is 0.165 e. The molecular formula is C14H22N2O2. The van der Waals surface area contributed by atoms with Gasteiger partial charge < -0.3 is 14.8 Å². The standard InChI is InChI=1S/C14H22N2O2/c1-11(16-9-7-15-8-10-16)12-5-4-6-13(17-2)14(12)18-3/h4-6,11,15H,7-10H2,1-3H3/t11-/m0/s1. The van der Waals surface area contributed by atoms with Crippen molar-refractivity contribution < 1.29 is 9.47 Å². The molecular weight excluding hydrogens is 228 g/mol. The highest BCUT2D eigenvalue weighted by Gasteiger charge is 2.22. The third-order valence-corrected chi connectivity index (χ3v) is 3.58. The first-order chi connectivity index (χ1) is 8.77. The highest BCUT2D eigenvalue weighted by Crippen LogP contribution is 2.36. The van der Waals surface area contributed by atoms with Crippen LogP contribution in [0.25, 0.3) is 0 Å². The molecule has 0 unspecified atom stereocenters. The van der Waals surface area contributed by atoms with Gasteiger partial charge in [-0.1, -0.05) is 12.1 Å². The predicted molar refractivity (Wildman–Crippen MR) is 72.4 cm³/mol. The topological polar surface area (TPSA) is 33.7 Å². The van der Waals surface area contributed by atoms with Crippen molar-refractivity contribution in [3.05, 3.63) is 23.8 Å². The van der Waals surface area contributed by atoms with E-state index in [2.05, 4.69) is 23.2 Å². The summed E-state index contributed by atoms with van der Waals surface area (Å²) in [7, 11) is 3.38. The van der Waals surface area contributed by atoms with E-state index in [0.29, 0.717) is 6.04 Å². The number of benzene rings is 1. The molecule has 0 saturated carbocycles. The molecule has 18 heavy (non-hydrogen) atoms. The lowest BCUT2D eigenvalue weighted by molar-refractivity contribution is 0.182. The van der Waals surface area contributed by atoms with Crippen LogP contribution in [0.4, 0.5) is 0 Å². The molecule has 0 bridgehead atoms. The van der Waals surface area contributed by atoms with Crippen molar-refractivity contribution in [1.82, 2.24) is 10.2 Å². The first-order valence-electron chi connectivity index (χ1n) is 6.43. The normalized spacial score (nSPS) is 18.4. The molecule has 4 heteroatoms. The molecule has 0 aromatic heterocycles. The summed E-state index contributed by atoms with van der Waals surface area (Å²) < 4.78 is 10.9. The highest BCUT2D eigenvalue weighted by atomic mass is 16.5. The molecule has 1 aromatic carbocycles. The molecule has 0 aliphatic carbocycles. The van der Waals surface area contributed by atoms with Gasteiger partial charge in [-0.25, -0.2) is 0 Å². The van der Waals surface area contributed by atoms with E-state index in [1.165, 1.54) is 5.56 Å². The van der Waals surface area contributed by atoms with Gasteiger partial charge in [-0.2, -0.15) is 0 Å². The number of hydrogen-bond acceptors (Lipinski definition) is 4. The van der Waals surface area contributed by atoms with Crippen molar-refractivity contribution in [3.8, 4) is 11.5 Å². The van der Waals surface area contributed by atoms with Crippen LogP contribution in [0, 0.1) is 0 Å². The number of rotatable bonds is 4. The summed E-state index contributed by atoms with van der Waals surface area (Å²) in [5.74, 6) is 1.66. The monoisotopic (exact) mass is 250 g/mol. The summed E-state index contributed by atoms with van der Waals surface area (Å²) in [6, 6.07) is 6.42. The number of nitrogens with one attached hydrogen (secondary N) is 1. The number of para-hydroxylation sites is 1. The summed E-state index contributed by atoms with van der Waals surface area (Å²) in [4.78, 5) is 2.47. The van der Waals surface area contributed by atoms with Gasteiger partial charge in [0.1, 0.15) is 0 Å². The van der Waals surface area contributed by atoms with Gasteiger partial charge in [0.05, 0.1) is 14.2 Å². The Hall–Kier alpha value is -1.26. The Morgan fingerprint density at radius 2 is 1.89 bits per heavy atom. The fourth-order valence-corrected chi connectivity index (χ4v) is 2.51. The second kappa shape index (κ2) is 6.07. The van der Waals surface area contributed by atoms with Crippen molar-refractivity contribution in [2.24, 2.45) is 0 Å². The quantitative estimate of drug-likeness (QED) is 0.881. The van der Waals surface area contributed by atoms with E-state index in [4.69, 9.17) is 9.47 Å². The Morgan fingerprint density at radius 1 is 1.17 bits per heavy atom. The number of piperazine rings is 1. The molecule has 1 aromatic rings. The van der Waals surface area contributed by atoms with Gasteiger partial charge in [0.15, 0.2) is 11.5 Å². The van der Waals surface area contributed by atoms with E-state index < -0.39 is 0 Å². The Bertz CT molecular complexity index is 389. The largest absolute Gasteiger partial charge is 0.493 e. The van der Waals surface area contributed by atoms with Crippen molar-refractivity contribution in [2.45, 2.75) is 13.0 Å². The Balaban J connectivity index is 2.25. The Kier molecular flexibility index (Phi) is 4.44. The molecule has 1 saturated heterocycles. The van der Waals surface area contributed by atoms with Crippen molar-refractivity contribution in [1.29, 1.82) is 0 Å². The third-order valence-electron chi connectivity index (χ3n) is 3.58. The van der Waals surface area contributed by atoms with E-state index in [1.807, 2.05) is 12.1 Å². The van der Waals surface area contributed by atoms with Gasteiger partial charge >= 0.3 is 0 Å². The summed E-state index contributed by atoms with van der Waals surface area (Å²) in [5.41, 5.74) is 1.19. The fourth-order valence-electron chi connectivity index (χ4n) is 2.51. The average molecular weight is 250 g/mol. The first-order valence-corrected chi connectivity index (χ1v) is 6.43. The maximum absolute atomic E-state index is 5.51. The lowest BCUT2D eigenvalue weighted by Crippen LogP contribution is -2.44. The summed E-state index contributed by atoms with van der Waals surface area (Å²) in [6.07, 6.45) is 0. The van der Waals surface area contributed by atoms with E-state index in [9.17, 15) is 0 Å². The molecule has 0 amide bonds. The molecule has 1 aliphatic rings. The van der Waals surface area contributed by atoms with E-state index in [1.54, 1.807) is 14.2 Å². The second-order valence-corrected chi connectivity index (χ2v) is 4.54. The summed E-state index contributed by atoms with van der Waals surface area (Å²) in [6.45, 7) is 6.47.